The van der Waals surface area contributed by atoms with Crippen molar-refractivity contribution >= 4 is 23.6 Å². The van der Waals surface area contributed by atoms with Crippen molar-refractivity contribution < 1.29 is 14.7 Å². The number of nitrogens with zero attached hydrogens (tertiary/aromatic N) is 3. The molecule has 0 saturated carbocycles. The summed E-state index contributed by atoms with van der Waals surface area (Å²) in [5.74, 6) is -0.654. The van der Waals surface area contributed by atoms with Gasteiger partial charge in [0.15, 0.2) is 0 Å². The highest BCUT2D eigenvalue weighted by atomic mass is 32.2. The van der Waals surface area contributed by atoms with Gasteiger partial charge in [-0.2, -0.15) is 5.10 Å². The van der Waals surface area contributed by atoms with Crippen LogP contribution in [-0.2, 0) is 9.59 Å². The summed E-state index contributed by atoms with van der Waals surface area (Å²) < 4.78 is 1.56. The van der Waals surface area contributed by atoms with Crippen LogP contribution in [0.4, 0.5) is 0 Å². The summed E-state index contributed by atoms with van der Waals surface area (Å²) in [5.41, 5.74) is 0. The van der Waals surface area contributed by atoms with Gasteiger partial charge in [-0.05, 0) is 19.4 Å². The molecule has 3 atom stereocenters. The SMILES string of the molecule is CCCC1SCC(C(=O)O)N1C(=O)C(C)n1cccn1. The minimum Gasteiger partial charge on any atom is -0.480 e. The number of carbonyl (C=O) groups excluding carboxylic acids is 1. The molecule has 7 heteroatoms. The summed E-state index contributed by atoms with van der Waals surface area (Å²) in [6.07, 6.45) is 5.06. The van der Waals surface area contributed by atoms with Gasteiger partial charge in [0, 0.05) is 18.1 Å². The summed E-state index contributed by atoms with van der Waals surface area (Å²) in [4.78, 5) is 25.5. The molecule has 2 heterocycles. The Hall–Kier alpha value is -1.50. The van der Waals surface area contributed by atoms with E-state index < -0.39 is 18.1 Å². The molecule has 1 amide bonds. The van der Waals surface area contributed by atoms with Crippen molar-refractivity contribution in [1.29, 1.82) is 0 Å². The first-order chi connectivity index (χ1) is 9.56. The van der Waals surface area contributed by atoms with Gasteiger partial charge in [0.2, 0.25) is 5.91 Å². The average molecular weight is 297 g/mol. The van der Waals surface area contributed by atoms with Gasteiger partial charge < -0.3 is 10.0 Å². The van der Waals surface area contributed by atoms with Crippen LogP contribution in [-0.4, -0.2) is 48.8 Å². The molecule has 0 spiro atoms. The maximum atomic E-state index is 12.6. The van der Waals surface area contributed by atoms with Gasteiger partial charge in [0.1, 0.15) is 12.1 Å². The molecular weight excluding hydrogens is 278 g/mol. The number of hydrogen-bond donors (Lipinski definition) is 1. The fourth-order valence-corrected chi connectivity index (χ4v) is 3.88. The molecule has 0 radical (unpaired) electrons. The number of thioether (sulfide) groups is 1. The standard InChI is InChI=1S/C13H19N3O3S/c1-3-5-11-16(10(8-20-11)13(18)19)12(17)9(2)15-7-4-6-14-15/h4,6-7,9-11H,3,5,8H2,1-2H3,(H,18,19). The topological polar surface area (TPSA) is 75.4 Å². The second kappa shape index (κ2) is 6.30. The van der Waals surface area contributed by atoms with Crippen molar-refractivity contribution in [2.24, 2.45) is 0 Å². The monoisotopic (exact) mass is 297 g/mol. The highest BCUT2D eigenvalue weighted by Crippen LogP contribution is 2.34. The number of aliphatic carboxylic acids is 1. The molecule has 20 heavy (non-hydrogen) atoms. The van der Waals surface area contributed by atoms with E-state index >= 15 is 0 Å². The molecule has 1 fully saturated rings. The van der Waals surface area contributed by atoms with Crippen LogP contribution >= 0.6 is 11.8 Å². The van der Waals surface area contributed by atoms with Crippen LogP contribution in [0.3, 0.4) is 0 Å². The molecule has 1 saturated heterocycles. The van der Waals surface area contributed by atoms with Crippen LogP contribution in [0.5, 0.6) is 0 Å². The zero-order valence-electron chi connectivity index (χ0n) is 11.6. The van der Waals surface area contributed by atoms with Crippen molar-refractivity contribution in [2.75, 3.05) is 5.75 Å². The van der Waals surface area contributed by atoms with Gasteiger partial charge in [-0.25, -0.2) is 4.79 Å². The molecule has 6 nitrogen and oxygen atoms in total. The van der Waals surface area contributed by atoms with E-state index in [2.05, 4.69) is 5.10 Å². The minimum absolute atomic E-state index is 0.0494. The second-order valence-corrected chi connectivity index (χ2v) is 6.05. The van der Waals surface area contributed by atoms with Crippen molar-refractivity contribution in [3.8, 4) is 0 Å². The number of rotatable bonds is 5. The molecule has 0 bridgehead atoms. The zero-order valence-corrected chi connectivity index (χ0v) is 12.4. The molecule has 1 aliphatic heterocycles. The van der Waals surface area contributed by atoms with Crippen LogP contribution in [0.2, 0.25) is 0 Å². The minimum atomic E-state index is -0.933. The van der Waals surface area contributed by atoms with Crippen LogP contribution in [0, 0.1) is 0 Å². The quantitative estimate of drug-likeness (QED) is 0.893. The number of carbonyl (C=O) groups is 2. The van der Waals surface area contributed by atoms with E-state index in [0.29, 0.717) is 5.75 Å². The summed E-state index contributed by atoms with van der Waals surface area (Å²) in [6.45, 7) is 3.79. The molecule has 0 aromatic carbocycles. The third kappa shape index (κ3) is 2.82. The Balaban J connectivity index is 2.20. The lowest BCUT2D eigenvalue weighted by molar-refractivity contribution is -0.150. The van der Waals surface area contributed by atoms with E-state index in [1.165, 1.54) is 4.90 Å². The molecule has 110 valence electrons. The maximum Gasteiger partial charge on any atom is 0.327 e. The lowest BCUT2D eigenvalue weighted by Crippen LogP contribution is -2.48. The normalized spacial score (nSPS) is 23.8. The Bertz CT molecular complexity index is 477. The van der Waals surface area contributed by atoms with E-state index in [1.807, 2.05) is 6.92 Å². The molecule has 3 unspecified atom stereocenters. The first kappa shape index (κ1) is 14.9. The largest absolute Gasteiger partial charge is 0.480 e. The summed E-state index contributed by atoms with van der Waals surface area (Å²) in [6, 6.07) is 0.535. The molecule has 1 aromatic heterocycles. The third-order valence-corrected chi connectivity index (χ3v) is 4.80. The Morgan fingerprint density at radius 2 is 2.30 bits per heavy atom. The average Bonchev–Trinajstić information content (AvgIpc) is 3.06. The molecular formula is C13H19N3O3S. The summed E-state index contributed by atoms with van der Waals surface area (Å²) in [7, 11) is 0. The highest BCUT2D eigenvalue weighted by Gasteiger charge is 2.42. The highest BCUT2D eigenvalue weighted by molar-refractivity contribution is 8.00. The zero-order chi connectivity index (χ0) is 14.7. The molecule has 1 aliphatic rings. The second-order valence-electron chi connectivity index (χ2n) is 4.84. The van der Waals surface area contributed by atoms with E-state index in [1.54, 1.807) is 41.8 Å². The van der Waals surface area contributed by atoms with E-state index in [-0.39, 0.29) is 11.3 Å². The number of hydrogen-bond acceptors (Lipinski definition) is 4. The van der Waals surface area contributed by atoms with Crippen LogP contribution in [0.1, 0.15) is 32.7 Å². The van der Waals surface area contributed by atoms with Crippen molar-refractivity contribution in [3.05, 3.63) is 18.5 Å². The smallest absolute Gasteiger partial charge is 0.327 e. The van der Waals surface area contributed by atoms with Crippen LogP contribution in [0.25, 0.3) is 0 Å². The maximum absolute atomic E-state index is 12.6. The van der Waals surface area contributed by atoms with Gasteiger partial charge in [0.05, 0.1) is 5.37 Å². The molecule has 2 rings (SSSR count). The van der Waals surface area contributed by atoms with Gasteiger partial charge >= 0.3 is 5.97 Å². The predicted octanol–water partition coefficient (Wildman–Crippen LogP) is 1.60. The van der Waals surface area contributed by atoms with Crippen molar-refractivity contribution in [1.82, 2.24) is 14.7 Å². The fourth-order valence-electron chi connectivity index (χ4n) is 2.36. The van der Waals surface area contributed by atoms with E-state index in [4.69, 9.17) is 0 Å². The van der Waals surface area contributed by atoms with Gasteiger partial charge in [-0.15, -0.1) is 11.8 Å². The molecule has 1 N–H and O–H groups in total. The van der Waals surface area contributed by atoms with Crippen molar-refractivity contribution in [2.45, 2.75) is 44.1 Å². The number of aromatic nitrogens is 2. The Labute approximate surface area is 122 Å². The first-order valence-electron chi connectivity index (χ1n) is 6.72. The lowest BCUT2D eigenvalue weighted by Gasteiger charge is -2.29. The Morgan fingerprint density at radius 3 is 2.85 bits per heavy atom. The van der Waals surface area contributed by atoms with Crippen molar-refractivity contribution in [3.63, 3.8) is 0 Å². The fraction of sp³-hybridized carbons (Fsp3) is 0.615. The van der Waals surface area contributed by atoms with E-state index in [0.717, 1.165) is 12.8 Å². The van der Waals surface area contributed by atoms with E-state index in [9.17, 15) is 14.7 Å². The number of carboxylic acids is 1. The lowest BCUT2D eigenvalue weighted by atomic mass is 10.2. The summed E-state index contributed by atoms with van der Waals surface area (Å²) >= 11 is 1.55. The van der Waals surface area contributed by atoms with Crippen LogP contribution < -0.4 is 0 Å². The molecule has 1 aromatic rings. The first-order valence-corrected chi connectivity index (χ1v) is 7.76. The number of carboxylic acid groups (broad SMARTS) is 1. The van der Waals surface area contributed by atoms with Gasteiger partial charge in [0.25, 0.3) is 0 Å². The molecule has 0 aliphatic carbocycles. The predicted molar refractivity (Wildman–Crippen MR) is 76.4 cm³/mol. The van der Waals surface area contributed by atoms with Crippen LogP contribution in [0.15, 0.2) is 18.5 Å². The Kier molecular flexibility index (Phi) is 4.69. The van der Waals surface area contributed by atoms with Gasteiger partial charge in [-0.1, -0.05) is 13.3 Å². The number of amides is 1. The summed E-state index contributed by atoms with van der Waals surface area (Å²) in [5, 5.41) is 13.3. The Morgan fingerprint density at radius 1 is 1.55 bits per heavy atom. The third-order valence-electron chi connectivity index (χ3n) is 3.45. The van der Waals surface area contributed by atoms with Gasteiger partial charge in [-0.3, -0.25) is 9.48 Å².